The second kappa shape index (κ2) is 9.01. The first-order valence-electron chi connectivity index (χ1n) is 8.37. The van der Waals surface area contributed by atoms with E-state index in [2.05, 4.69) is 0 Å². The summed E-state index contributed by atoms with van der Waals surface area (Å²) >= 11 is 0. The van der Waals surface area contributed by atoms with Crippen LogP contribution in [0.5, 0.6) is 0 Å². The van der Waals surface area contributed by atoms with E-state index in [4.69, 9.17) is 4.74 Å². The van der Waals surface area contributed by atoms with Crippen LogP contribution in [0.25, 0.3) is 6.08 Å². The fourth-order valence-electron chi connectivity index (χ4n) is 2.66. The minimum absolute atomic E-state index is 0.146. The molecule has 1 aliphatic heterocycles. The van der Waals surface area contributed by atoms with Crippen LogP contribution in [0.1, 0.15) is 44.6 Å². The molecule has 24 heavy (non-hydrogen) atoms. The average Bonchev–Trinajstić information content (AvgIpc) is 2.83. The fourth-order valence-corrected chi connectivity index (χ4v) is 2.66. The van der Waals surface area contributed by atoms with Gasteiger partial charge in [-0.05, 0) is 31.4 Å². The largest absolute Gasteiger partial charge is 0.466 e. The maximum Gasteiger partial charge on any atom is 0.305 e. The van der Waals surface area contributed by atoms with Gasteiger partial charge in [0.05, 0.1) is 13.0 Å². The van der Waals surface area contributed by atoms with Crippen LogP contribution in [0, 0.1) is 0 Å². The van der Waals surface area contributed by atoms with E-state index in [1.54, 1.807) is 13.0 Å². The number of carbonyl (C=O) groups excluding carboxylic acids is 3. The zero-order valence-corrected chi connectivity index (χ0v) is 14.0. The number of amides is 2. The Kier molecular flexibility index (Phi) is 6.73. The summed E-state index contributed by atoms with van der Waals surface area (Å²) in [5.74, 6) is -0.541. The highest BCUT2D eigenvalue weighted by Gasteiger charge is 2.32. The Labute approximate surface area is 142 Å². The summed E-state index contributed by atoms with van der Waals surface area (Å²) in [6.45, 7) is 2.59. The van der Waals surface area contributed by atoms with E-state index in [0.29, 0.717) is 38.0 Å². The van der Waals surface area contributed by atoms with Crippen molar-refractivity contribution in [2.24, 2.45) is 0 Å². The van der Waals surface area contributed by atoms with E-state index in [-0.39, 0.29) is 24.2 Å². The lowest BCUT2D eigenvalue weighted by Gasteiger charge is -2.12. The Morgan fingerprint density at radius 1 is 1.17 bits per heavy atom. The molecule has 0 unspecified atom stereocenters. The first-order valence-corrected chi connectivity index (χ1v) is 8.37. The molecule has 0 aliphatic carbocycles. The number of benzene rings is 1. The van der Waals surface area contributed by atoms with Crippen LogP contribution < -0.4 is 0 Å². The molecule has 0 bridgehead atoms. The number of hydrogen-bond acceptors (Lipinski definition) is 4. The van der Waals surface area contributed by atoms with Gasteiger partial charge in [0.1, 0.15) is 0 Å². The SMILES string of the molecule is CCOC(=O)CCCCCN1C(=O)CC(=Cc2ccccc2)C1=O. The minimum atomic E-state index is -0.200. The third kappa shape index (κ3) is 5.05. The van der Waals surface area contributed by atoms with Gasteiger partial charge >= 0.3 is 5.97 Å². The van der Waals surface area contributed by atoms with Crippen molar-refractivity contribution in [3.8, 4) is 0 Å². The normalized spacial score (nSPS) is 16.0. The number of rotatable bonds is 8. The summed E-state index contributed by atoms with van der Waals surface area (Å²) in [4.78, 5) is 36.9. The number of carbonyl (C=O) groups is 3. The van der Waals surface area contributed by atoms with Crippen LogP contribution in [-0.4, -0.2) is 35.8 Å². The fraction of sp³-hybridized carbons (Fsp3) is 0.421. The number of likely N-dealkylation sites (tertiary alicyclic amines) is 1. The summed E-state index contributed by atoms with van der Waals surface area (Å²) in [5.41, 5.74) is 1.46. The highest BCUT2D eigenvalue weighted by molar-refractivity contribution is 6.15. The molecule has 0 aromatic heterocycles. The molecule has 1 heterocycles. The molecule has 1 aromatic rings. The van der Waals surface area contributed by atoms with Crippen LogP contribution in [-0.2, 0) is 19.1 Å². The van der Waals surface area contributed by atoms with Gasteiger partial charge in [-0.2, -0.15) is 0 Å². The van der Waals surface area contributed by atoms with Crippen molar-refractivity contribution < 1.29 is 19.1 Å². The van der Waals surface area contributed by atoms with Gasteiger partial charge in [0.25, 0.3) is 5.91 Å². The lowest BCUT2D eigenvalue weighted by molar-refractivity contribution is -0.143. The van der Waals surface area contributed by atoms with Crippen LogP contribution in [0.4, 0.5) is 0 Å². The zero-order valence-electron chi connectivity index (χ0n) is 14.0. The quantitative estimate of drug-likeness (QED) is 0.318. The second-order valence-corrected chi connectivity index (χ2v) is 5.72. The number of esters is 1. The van der Waals surface area contributed by atoms with Gasteiger partial charge in [-0.3, -0.25) is 19.3 Å². The number of ether oxygens (including phenoxy) is 1. The average molecular weight is 329 g/mol. The van der Waals surface area contributed by atoms with E-state index >= 15 is 0 Å². The Balaban J connectivity index is 1.80. The first-order chi connectivity index (χ1) is 11.6. The molecule has 0 atom stereocenters. The summed E-state index contributed by atoms with van der Waals surface area (Å²) in [6.07, 6.45) is 4.53. The lowest BCUT2D eigenvalue weighted by Crippen LogP contribution is -2.30. The third-order valence-corrected chi connectivity index (χ3v) is 3.87. The molecule has 2 amide bonds. The predicted molar refractivity (Wildman–Crippen MR) is 90.9 cm³/mol. The Morgan fingerprint density at radius 3 is 2.62 bits per heavy atom. The summed E-state index contributed by atoms with van der Waals surface area (Å²) in [7, 11) is 0. The number of nitrogens with zero attached hydrogens (tertiary/aromatic N) is 1. The number of unbranched alkanes of at least 4 members (excludes halogenated alkanes) is 2. The van der Waals surface area contributed by atoms with E-state index in [1.165, 1.54) is 4.90 Å². The zero-order chi connectivity index (χ0) is 17.4. The summed E-state index contributed by atoms with van der Waals surface area (Å²) in [5, 5.41) is 0. The molecule has 0 radical (unpaired) electrons. The molecular formula is C19H23NO4. The molecule has 5 heteroatoms. The highest BCUT2D eigenvalue weighted by Crippen LogP contribution is 2.22. The summed E-state index contributed by atoms with van der Waals surface area (Å²) in [6, 6.07) is 9.52. The van der Waals surface area contributed by atoms with Crippen molar-refractivity contribution in [3.63, 3.8) is 0 Å². The third-order valence-electron chi connectivity index (χ3n) is 3.87. The molecule has 1 fully saturated rings. The topological polar surface area (TPSA) is 63.7 Å². The van der Waals surface area contributed by atoms with E-state index in [0.717, 1.165) is 12.0 Å². The van der Waals surface area contributed by atoms with E-state index in [9.17, 15) is 14.4 Å². The Bertz CT molecular complexity index is 622. The maximum atomic E-state index is 12.3. The molecule has 1 aliphatic rings. The van der Waals surface area contributed by atoms with Gasteiger partial charge in [0.2, 0.25) is 5.91 Å². The molecule has 0 saturated carbocycles. The second-order valence-electron chi connectivity index (χ2n) is 5.72. The van der Waals surface area contributed by atoms with Crippen LogP contribution in [0.3, 0.4) is 0 Å². The first kappa shape index (κ1) is 17.9. The van der Waals surface area contributed by atoms with Crippen molar-refractivity contribution in [1.29, 1.82) is 0 Å². The molecule has 2 rings (SSSR count). The van der Waals surface area contributed by atoms with Gasteiger partial charge in [0.15, 0.2) is 0 Å². The van der Waals surface area contributed by atoms with Crippen LogP contribution >= 0.6 is 0 Å². The molecule has 128 valence electrons. The van der Waals surface area contributed by atoms with Crippen LogP contribution in [0.15, 0.2) is 35.9 Å². The van der Waals surface area contributed by atoms with Gasteiger partial charge in [-0.15, -0.1) is 0 Å². The molecule has 5 nitrogen and oxygen atoms in total. The van der Waals surface area contributed by atoms with Crippen molar-refractivity contribution in [2.45, 2.75) is 39.0 Å². The van der Waals surface area contributed by atoms with Crippen molar-refractivity contribution in [1.82, 2.24) is 4.90 Å². The Morgan fingerprint density at radius 2 is 1.92 bits per heavy atom. The predicted octanol–water partition coefficient (Wildman–Crippen LogP) is 2.95. The van der Waals surface area contributed by atoms with Gasteiger partial charge in [-0.1, -0.05) is 36.8 Å². The standard InChI is InChI=1S/C19H23NO4/c1-2-24-18(22)11-7-4-8-12-20-17(21)14-16(19(20)23)13-15-9-5-3-6-10-15/h3,5-6,9-10,13H,2,4,7-8,11-12,14H2,1H3. The molecule has 0 N–H and O–H groups in total. The molecule has 0 spiro atoms. The summed E-state index contributed by atoms with van der Waals surface area (Å²) < 4.78 is 4.86. The van der Waals surface area contributed by atoms with Gasteiger partial charge in [0, 0.05) is 18.5 Å². The lowest BCUT2D eigenvalue weighted by atomic mass is 10.1. The molecule has 1 aromatic carbocycles. The highest BCUT2D eigenvalue weighted by atomic mass is 16.5. The Hall–Kier alpha value is -2.43. The monoisotopic (exact) mass is 329 g/mol. The van der Waals surface area contributed by atoms with E-state index in [1.807, 2.05) is 30.3 Å². The minimum Gasteiger partial charge on any atom is -0.466 e. The van der Waals surface area contributed by atoms with Crippen molar-refractivity contribution in [3.05, 3.63) is 41.5 Å². The van der Waals surface area contributed by atoms with Gasteiger partial charge < -0.3 is 4.74 Å². The number of imide groups is 1. The smallest absolute Gasteiger partial charge is 0.305 e. The number of hydrogen-bond donors (Lipinski definition) is 0. The van der Waals surface area contributed by atoms with Crippen molar-refractivity contribution in [2.75, 3.05) is 13.2 Å². The van der Waals surface area contributed by atoms with E-state index < -0.39 is 0 Å². The maximum absolute atomic E-state index is 12.3. The van der Waals surface area contributed by atoms with Crippen LogP contribution in [0.2, 0.25) is 0 Å². The van der Waals surface area contributed by atoms with Crippen molar-refractivity contribution >= 4 is 23.9 Å². The molecule has 1 saturated heterocycles. The van der Waals surface area contributed by atoms with Gasteiger partial charge in [-0.25, -0.2) is 0 Å². The molecular weight excluding hydrogens is 306 g/mol.